The first-order chi connectivity index (χ1) is 18.7. The molecule has 0 bridgehead atoms. The normalized spacial score (nSPS) is 15.8. The number of hydrogen-bond acceptors (Lipinski definition) is 4. The summed E-state index contributed by atoms with van der Waals surface area (Å²) in [5, 5.41) is 0. The minimum Gasteiger partial charge on any atom is -0.299 e. The molecule has 0 aliphatic heterocycles. The van der Waals surface area contributed by atoms with Crippen LogP contribution < -0.4 is 0 Å². The largest absolute Gasteiger partial charge is 2.00 e. The number of hydrogen-bond donors (Lipinski definition) is 0. The summed E-state index contributed by atoms with van der Waals surface area (Å²) in [6, 6.07) is 20.5. The molecule has 2 aromatic carbocycles. The van der Waals surface area contributed by atoms with Crippen molar-refractivity contribution >= 4 is 47.2 Å². The third-order valence-corrected chi connectivity index (χ3v) is 7.41. The number of carbonyl (C=O) groups excluding carboxylic acids is 2. The fourth-order valence-electron chi connectivity index (χ4n) is 3.54. The number of rotatable bonds is 14. The molecular weight excluding hydrogens is 560 g/mol. The topological polar surface area (TPSA) is 34.1 Å². The summed E-state index contributed by atoms with van der Waals surface area (Å²) in [7, 11) is 0. The molecule has 2 aliphatic carbocycles. The Morgan fingerprint density at radius 1 is 0.564 bits per heavy atom. The van der Waals surface area contributed by atoms with Gasteiger partial charge < -0.3 is 0 Å². The van der Waals surface area contributed by atoms with E-state index in [1.54, 1.807) is 23.5 Å². The Morgan fingerprint density at radius 2 is 0.923 bits per heavy atom. The van der Waals surface area contributed by atoms with Gasteiger partial charge in [0.1, 0.15) is 11.6 Å². The van der Waals surface area contributed by atoms with E-state index in [4.69, 9.17) is 0 Å². The van der Waals surface area contributed by atoms with E-state index in [1.807, 2.05) is 87.8 Å². The van der Waals surface area contributed by atoms with Gasteiger partial charge in [0.2, 0.25) is 0 Å². The van der Waals surface area contributed by atoms with E-state index >= 15 is 0 Å². The Labute approximate surface area is 255 Å². The summed E-state index contributed by atoms with van der Waals surface area (Å²) in [5.41, 5.74) is 2.44. The summed E-state index contributed by atoms with van der Waals surface area (Å²) in [5.74, 6) is 5.80. The molecule has 2 fully saturated rings. The predicted molar refractivity (Wildman–Crippen MR) is 166 cm³/mol. The van der Waals surface area contributed by atoms with Gasteiger partial charge in [-0.25, -0.2) is 0 Å². The molecule has 0 N–H and O–H groups in total. The van der Waals surface area contributed by atoms with Gasteiger partial charge in [0.05, 0.1) is 0 Å². The van der Waals surface area contributed by atoms with Crippen LogP contribution in [0.25, 0.3) is 12.2 Å². The van der Waals surface area contributed by atoms with Crippen molar-refractivity contribution < 1.29 is 26.7 Å². The number of thioether (sulfide) groups is 2. The van der Waals surface area contributed by atoms with Crippen LogP contribution in [0.4, 0.5) is 0 Å². The van der Waals surface area contributed by atoms with Crippen molar-refractivity contribution in [3.05, 3.63) is 147 Å². The summed E-state index contributed by atoms with van der Waals surface area (Å²) < 4.78 is 0. The Kier molecular flexibility index (Phi) is 18.4. The van der Waals surface area contributed by atoms with Crippen LogP contribution in [0.2, 0.25) is 0 Å². The molecule has 2 aromatic rings. The Bertz CT molecular complexity index is 897. The first kappa shape index (κ1) is 33.7. The van der Waals surface area contributed by atoms with Crippen LogP contribution in [0.5, 0.6) is 0 Å². The molecule has 5 heteroatoms. The minimum absolute atomic E-state index is 0. The second kappa shape index (κ2) is 21.3. The average molecular weight is 595 g/mol. The molecule has 0 unspecified atom stereocenters. The average Bonchev–Trinajstić information content (AvgIpc) is 3.69. The van der Waals surface area contributed by atoms with E-state index < -0.39 is 0 Å². The monoisotopic (exact) mass is 594 g/mol. The SMILES string of the molecule is O=C(CCSC/C=C/c1ccccc1)[C]1[CH][CH][CH][CH]1.O=C(CCSC/C=C/c1ccccc1)[C]1[CH][CH][CH][CH]1.[Fe+2]. The van der Waals surface area contributed by atoms with Gasteiger partial charge in [-0.05, 0) is 62.5 Å². The van der Waals surface area contributed by atoms with Gasteiger partial charge in [-0.1, -0.05) is 85.0 Å². The molecule has 200 valence electrons. The van der Waals surface area contributed by atoms with Gasteiger partial charge in [-0.15, -0.1) is 0 Å². The third kappa shape index (κ3) is 14.6. The maximum atomic E-state index is 11.7. The first-order valence-electron chi connectivity index (χ1n) is 12.8. The smallest absolute Gasteiger partial charge is 0.299 e. The van der Waals surface area contributed by atoms with E-state index in [9.17, 15) is 9.59 Å². The van der Waals surface area contributed by atoms with Gasteiger partial charge in [-0.3, -0.25) is 9.59 Å². The van der Waals surface area contributed by atoms with E-state index in [1.165, 1.54) is 11.1 Å². The minimum atomic E-state index is 0. The molecule has 0 spiro atoms. The quantitative estimate of drug-likeness (QED) is 0.167. The molecule has 0 aromatic heterocycles. The van der Waals surface area contributed by atoms with Gasteiger partial charge in [-0.2, -0.15) is 23.5 Å². The molecule has 2 saturated carbocycles. The van der Waals surface area contributed by atoms with Crippen molar-refractivity contribution in [2.75, 3.05) is 23.0 Å². The summed E-state index contributed by atoms with van der Waals surface area (Å²) in [4.78, 5) is 23.5. The number of benzene rings is 2. The van der Waals surface area contributed by atoms with Crippen LogP contribution in [-0.2, 0) is 26.7 Å². The molecule has 39 heavy (non-hydrogen) atoms. The summed E-state index contributed by atoms with van der Waals surface area (Å²) in [6.07, 6.45) is 24.9. The molecule has 2 aliphatic rings. The van der Waals surface area contributed by atoms with Crippen molar-refractivity contribution in [3.63, 3.8) is 0 Å². The molecule has 10 radical (unpaired) electrons. The molecule has 0 heterocycles. The summed E-state index contributed by atoms with van der Waals surface area (Å²) in [6.45, 7) is 0. The van der Waals surface area contributed by atoms with Crippen molar-refractivity contribution in [3.8, 4) is 0 Å². The molecule has 0 atom stereocenters. The van der Waals surface area contributed by atoms with Gasteiger partial charge in [0, 0.05) is 47.7 Å². The third-order valence-electron chi connectivity index (χ3n) is 5.56. The van der Waals surface area contributed by atoms with Crippen molar-refractivity contribution in [2.45, 2.75) is 12.8 Å². The second-order valence-corrected chi connectivity index (χ2v) is 10.8. The van der Waals surface area contributed by atoms with Crippen molar-refractivity contribution in [1.82, 2.24) is 0 Å². The second-order valence-electron chi connectivity index (χ2n) is 8.47. The predicted octanol–water partition coefficient (Wildman–Crippen LogP) is 7.59. The maximum Gasteiger partial charge on any atom is 2.00 e. The zero-order valence-electron chi connectivity index (χ0n) is 21.9. The molecule has 0 saturated heterocycles. The van der Waals surface area contributed by atoms with Crippen LogP contribution in [0.15, 0.2) is 72.8 Å². The van der Waals surface area contributed by atoms with Gasteiger partial charge >= 0.3 is 17.1 Å². The zero-order valence-corrected chi connectivity index (χ0v) is 24.7. The number of ketones is 2. The van der Waals surface area contributed by atoms with Crippen LogP contribution in [0.1, 0.15) is 24.0 Å². The Hall–Kier alpha value is -1.52. The fraction of sp³-hybridized carbons (Fsp3) is 0.176. The van der Waals surface area contributed by atoms with E-state index in [0.717, 1.165) is 34.8 Å². The van der Waals surface area contributed by atoms with Crippen LogP contribution in [0.3, 0.4) is 0 Å². The van der Waals surface area contributed by atoms with Crippen molar-refractivity contribution in [2.24, 2.45) is 0 Å². The molecule has 2 nitrogen and oxygen atoms in total. The first-order valence-corrected chi connectivity index (χ1v) is 15.1. The number of Topliss-reactive ketones (excluding diaryl/α,β-unsaturated/α-hetero) is 2. The van der Waals surface area contributed by atoms with E-state index in [0.29, 0.717) is 12.8 Å². The van der Waals surface area contributed by atoms with Gasteiger partial charge in [0.25, 0.3) is 0 Å². The Balaban J connectivity index is 0.000000267. The maximum absolute atomic E-state index is 11.7. The van der Waals surface area contributed by atoms with E-state index in [-0.39, 0.29) is 28.6 Å². The van der Waals surface area contributed by atoms with Crippen LogP contribution in [-0.4, -0.2) is 34.6 Å². The zero-order chi connectivity index (χ0) is 26.7. The van der Waals surface area contributed by atoms with Gasteiger partial charge in [0.15, 0.2) is 0 Å². The standard InChI is InChI=1S/2C17H17OS.Fe/c2*18-17(16-10-4-5-11-16)12-14-19-13-6-9-15-7-2-1-3-8-15;/h2*1-11H,12-14H2;/q;;+2/b2*9-6+;. The van der Waals surface area contributed by atoms with Crippen molar-refractivity contribution in [1.29, 1.82) is 0 Å². The number of carbonyl (C=O) groups is 2. The van der Waals surface area contributed by atoms with E-state index in [2.05, 4.69) is 48.6 Å². The fourth-order valence-corrected chi connectivity index (χ4v) is 5.00. The molecule has 0 amide bonds. The summed E-state index contributed by atoms with van der Waals surface area (Å²) >= 11 is 3.58. The molecular formula is C34H34FeO2S2+2. The van der Waals surface area contributed by atoms with Crippen LogP contribution in [0, 0.1) is 63.2 Å². The molecule has 4 rings (SSSR count). The Morgan fingerprint density at radius 3 is 1.28 bits per heavy atom. The van der Waals surface area contributed by atoms with Crippen LogP contribution >= 0.6 is 23.5 Å².